The molecule has 2 aromatic carbocycles. The maximum Gasteiger partial charge on any atom is 0.162 e. The first-order valence-electron chi connectivity index (χ1n) is 11.5. The maximum atomic E-state index is 5.59. The van der Waals surface area contributed by atoms with Crippen molar-refractivity contribution in [2.24, 2.45) is 0 Å². The van der Waals surface area contributed by atoms with Crippen LogP contribution in [0.15, 0.2) is 48.8 Å². The lowest BCUT2D eigenvalue weighted by Crippen LogP contribution is -2.46. The molecule has 0 saturated carbocycles. The molecule has 4 aromatic rings. The van der Waals surface area contributed by atoms with Gasteiger partial charge in [-0.25, -0.2) is 0 Å². The third-order valence-corrected chi connectivity index (χ3v) is 6.75. The van der Waals surface area contributed by atoms with Crippen molar-refractivity contribution in [2.45, 2.75) is 13.8 Å². The SMILES string of the molecule is CCN1CCN(c2ccc(-c3ncc(C)c4cnc5cc(OC)c(OC)cc5c34)cc2)CC1. The van der Waals surface area contributed by atoms with Crippen LogP contribution < -0.4 is 14.4 Å². The summed E-state index contributed by atoms with van der Waals surface area (Å²) in [6, 6.07) is 12.8. The maximum absolute atomic E-state index is 5.59. The van der Waals surface area contributed by atoms with E-state index < -0.39 is 0 Å². The molecule has 0 radical (unpaired) electrons. The zero-order valence-electron chi connectivity index (χ0n) is 19.8. The first-order valence-corrected chi connectivity index (χ1v) is 11.5. The summed E-state index contributed by atoms with van der Waals surface area (Å²) in [5.41, 5.74) is 5.28. The molecule has 1 saturated heterocycles. The van der Waals surface area contributed by atoms with Gasteiger partial charge in [0, 0.05) is 72.0 Å². The number of methoxy groups -OCH3 is 2. The molecule has 2 aromatic heterocycles. The Morgan fingerprint density at radius 1 is 0.848 bits per heavy atom. The third kappa shape index (κ3) is 3.85. The van der Waals surface area contributed by atoms with Crippen molar-refractivity contribution in [3.63, 3.8) is 0 Å². The molecule has 6 heteroatoms. The first-order chi connectivity index (χ1) is 16.1. The van der Waals surface area contributed by atoms with Crippen LogP contribution >= 0.6 is 0 Å². The molecule has 0 atom stereocenters. The number of rotatable bonds is 5. The van der Waals surface area contributed by atoms with Gasteiger partial charge in [-0.2, -0.15) is 0 Å². The van der Waals surface area contributed by atoms with Gasteiger partial charge in [0.2, 0.25) is 0 Å². The zero-order chi connectivity index (χ0) is 22.9. The fourth-order valence-corrected chi connectivity index (χ4v) is 4.74. The molecule has 1 fully saturated rings. The number of pyridine rings is 2. The monoisotopic (exact) mass is 442 g/mol. The van der Waals surface area contributed by atoms with Crippen molar-refractivity contribution < 1.29 is 9.47 Å². The number of piperazine rings is 1. The first kappa shape index (κ1) is 21.5. The van der Waals surface area contributed by atoms with E-state index in [9.17, 15) is 0 Å². The van der Waals surface area contributed by atoms with Crippen LogP contribution in [0.25, 0.3) is 32.9 Å². The highest BCUT2D eigenvalue weighted by atomic mass is 16.5. The number of benzene rings is 2. The van der Waals surface area contributed by atoms with Gasteiger partial charge in [-0.05, 0) is 37.2 Å². The Bertz CT molecular complexity index is 1300. The van der Waals surface area contributed by atoms with Gasteiger partial charge >= 0.3 is 0 Å². The van der Waals surface area contributed by atoms with Gasteiger partial charge in [-0.3, -0.25) is 9.97 Å². The van der Waals surface area contributed by atoms with Gasteiger partial charge in [0.15, 0.2) is 11.5 Å². The Hall–Kier alpha value is -3.38. The molecule has 0 unspecified atom stereocenters. The fourth-order valence-electron chi connectivity index (χ4n) is 4.74. The van der Waals surface area contributed by atoms with Crippen LogP contribution in [0.3, 0.4) is 0 Å². The fraction of sp³-hybridized carbons (Fsp3) is 0.333. The minimum Gasteiger partial charge on any atom is -0.493 e. The molecule has 0 aliphatic carbocycles. The summed E-state index contributed by atoms with van der Waals surface area (Å²) in [5, 5.41) is 3.20. The van der Waals surface area contributed by atoms with Crippen molar-refractivity contribution in [3.05, 3.63) is 54.4 Å². The average molecular weight is 443 g/mol. The Labute approximate surface area is 194 Å². The van der Waals surface area contributed by atoms with Gasteiger partial charge in [0.1, 0.15) is 0 Å². The van der Waals surface area contributed by atoms with Crippen molar-refractivity contribution in [1.82, 2.24) is 14.9 Å². The van der Waals surface area contributed by atoms with Crippen LogP contribution in [0.5, 0.6) is 11.5 Å². The summed E-state index contributed by atoms with van der Waals surface area (Å²) in [6.07, 6.45) is 3.87. The average Bonchev–Trinajstić information content (AvgIpc) is 2.88. The highest BCUT2D eigenvalue weighted by Crippen LogP contribution is 2.39. The predicted molar refractivity (Wildman–Crippen MR) is 135 cm³/mol. The number of nitrogens with zero attached hydrogens (tertiary/aromatic N) is 4. The summed E-state index contributed by atoms with van der Waals surface area (Å²) >= 11 is 0. The smallest absolute Gasteiger partial charge is 0.162 e. The molecule has 1 aliphatic heterocycles. The lowest BCUT2D eigenvalue weighted by Gasteiger charge is -2.35. The number of hydrogen-bond acceptors (Lipinski definition) is 6. The second kappa shape index (κ2) is 8.87. The minimum atomic E-state index is 0.673. The number of fused-ring (bicyclic) bond motifs is 3. The number of aryl methyl sites for hydroxylation is 1. The zero-order valence-corrected chi connectivity index (χ0v) is 19.8. The molecule has 0 N–H and O–H groups in total. The van der Waals surface area contributed by atoms with Gasteiger partial charge in [-0.15, -0.1) is 0 Å². The van der Waals surface area contributed by atoms with Gasteiger partial charge < -0.3 is 19.3 Å². The second-order valence-electron chi connectivity index (χ2n) is 8.53. The predicted octanol–water partition coefficient (Wildman–Crippen LogP) is 4.92. The molecule has 1 aliphatic rings. The molecule has 170 valence electrons. The number of aromatic nitrogens is 2. The van der Waals surface area contributed by atoms with E-state index in [1.807, 2.05) is 24.5 Å². The van der Waals surface area contributed by atoms with E-state index in [1.165, 1.54) is 5.69 Å². The Kier molecular flexibility index (Phi) is 5.77. The molecule has 0 bridgehead atoms. The lowest BCUT2D eigenvalue weighted by molar-refractivity contribution is 0.271. The minimum absolute atomic E-state index is 0.673. The molecule has 3 heterocycles. The van der Waals surface area contributed by atoms with E-state index in [4.69, 9.17) is 19.4 Å². The molecule has 0 amide bonds. The summed E-state index contributed by atoms with van der Waals surface area (Å²) in [4.78, 5) is 14.5. The molecule has 0 spiro atoms. The number of likely N-dealkylation sites (N-methyl/N-ethyl adjacent to an activating group) is 1. The van der Waals surface area contributed by atoms with Crippen LogP contribution in [0, 0.1) is 6.92 Å². The van der Waals surface area contributed by atoms with E-state index in [-0.39, 0.29) is 0 Å². The number of anilines is 1. The summed E-state index contributed by atoms with van der Waals surface area (Å²) < 4.78 is 11.1. The quantitative estimate of drug-likeness (QED) is 0.409. The van der Waals surface area contributed by atoms with E-state index in [0.29, 0.717) is 11.5 Å². The third-order valence-electron chi connectivity index (χ3n) is 6.75. The molecular weight excluding hydrogens is 412 g/mol. The highest BCUT2D eigenvalue weighted by molar-refractivity contribution is 6.13. The molecule has 6 nitrogen and oxygen atoms in total. The Morgan fingerprint density at radius 2 is 1.55 bits per heavy atom. The summed E-state index contributed by atoms with van der Waals surface area (Å²) in [5.74, 6) is 1.36. The molecular formula is C27H30N4O2. The van der Waals surface area contributed by atoms with E-state index >= 15 is 0 Å². The van der Waals surface area contributed by atoms with E-state index in [0.717, 1.165) is 71.2 Å². The standard InChI is InChI=1S/C27H30N4O2/c1-5-30-10-12-31(13-11-30)20-8-6-19(7-9-20)27-26-21-14-24(32-3)25(33-4)15-23(21)28-17-22(26)18(2)16-29-27/h6-9,14-17H,5,10-13H2,1-4H3. The second-order valence-corrected chi connectivity index (χ2v) is 8.53. The van der Waals surface area contributed by atoms with Gasteiger partial charge in [0.05, 0.1) is 25.4 Å². The van der Waals surface area contributed by atoms with Crippen molar-refractivity contribution >= 4 is 27.4 Å². The normalized spacial score (nSPS) is 14.7. The van der Waals surface area contributed by atoms with Gasteiger partial charge in [-0.1, -0.05) is 19.1 Å². The highest BCUT2D eigenvalue weighted by Gasteiger charge is 2.18. The van der Waals surface area contributed by atoms with Crippen LogP contribution in [-0.2, 0) is 0 Å². The van der Waals surface area contributed by atoms with Crippen LogP contribution in [0.2, 0.25) is 0 Å². The van der Waals surface area contributed by atoms with Crippen molar-refractivity contribution in [1.29, 1.82) is 0 Å². The Balaban J connectivity index is 1.60. The van der Waals surface area contributed by atoms with Crippen molar-refractivity contribution in [3.8, 4) is 22.8 Å². The largest absolute Gasteiger partial charge is 0.493 e. The summed E-state index contributed by atoms with van der Waals surface area (Å²) in [6.45, 7) is 9.80. The van der Waals surface area contributed by atoms with Gasteiger partial charge in [0.25, 0.3) is 0 Å². The lowest BCUT2D eigenvalue weighted by atomic mass is 9.98. The van der Waals surface area contributed by atoms with E-state index in [1.54, 1.807) is 14.2 Å². The topological polar surface area (TPSA) is 50.7 Å². The summed E-state index contributed by atoms with van der Waals surface area (Å²) in [7, 11) is 3.30. The van der Waals surface area contributed by atoms with Crippen molar-refractivity contribution in [2.75, 3.05) is 51.8 Å². The molecule has 33 heavy (non-hydrogen) atoms. The van der Waals surface area contributed by atoms with E-state index in [2.05, 4.69) is 47.9 Å². The molecule has 5 rings (SSSR count). The van der Waals surface area contributed by atoms with Crippen LogP contribution in [-0.4, -0.2) is 61.8 Å². The number of ether oxygens (including phenoxy) is 2. The van der Waals surface area contributed by atoms with Crippen LogP contribution in [0.4, 0.5) is 5.69 Å². The number of hydrogen-bond donors (Lipinski definition) is 0. The Morgan fingerprint density at radius 3 is 2.21 bits per heavy atom. The van der Waals surface area contributed by atoms with Crippen LogP contribution in [0.1, 0.15) is 12.5 Å².